The van der Waals surface area contributed by atoms with Crippen LogP contribution in [-0.2, 0) is 9.53 Å². The lowest BCUT2D eigenvalue weighted by atomic mass is 9.61. The number of nitrogens with zero attached hydrogens (tertiary/aromatic N) is 3. The van der Waals surface area contributed by atoms with Crippen LogP contribution in [0.25, 0.3) is 11.0 Å². The Morgan fingerprint density at radius 2 is 1.93 bits per heavy atom. The number of hydrogen-bond acceptors (Lipinski definition) is 5. The van der Waals surface area contributed by atoms with Crippen LogP contribution in [0.4, 0.5) is 0 Å². The highest BCUT2D eigenvalue weighted by Gasteiger charge is 2.49. The van der Waals surface area contributed by atoms with Crippen LogP contribution in [-0.4, -0.2) is 33.4 Å². The van der Waals surface area contributed by atoms with Gasteiger partial charge in [0.2, 0.25) is 0 Å². The minimum atomic E-state index is -0.101. The van der Waals surface area contributed by atoms with Crippen molar-refractivity contribution in [1.29, 1.82) is 0 Å². The number of fused-ring (bicyclic) bond motifs is 4. The van der Waals surface area contributed by atoms with Gasteiger partial charge in [-0.2, -0.15) is 0 Å². The Morgan fingerprint density at radius 3 is 2.57 bits per heavy atom. The summed E-state index contributed by atoms with van der Waals surface area (Å²) in [6.45, 7) is 2.31. The summed E-state index contributed by atoms with van der Waals surface area (Å²) in [6.07, 6.45) is 10.9. The molecule has 2 aromatic heterocycles. The molecule has 0 amide bonds. The van der Waals surface area contributed by atoms with E-state index in [-0.39, 0.29) is 17.9 Å². The third-order valence-electron chi connectivity index (χ3n) is 6.84. The van der Waals surface area contributed by atoms with Crippen LogP contribution in [0.1, 0.15) is 63.1 Å². The summed E-state index contributed by atoms with van der Waals surface area (Å²) < 4.78 is 7.71. The first kappa shape index (κ1) is 18.7. The van der Waals surface area contributed by atoms with Gasteiger partial charge in [0.15, 0.2) is 5.16 Å². The summed E-state index contributed by atoms with van der Waals surface area (Å²) in [7, 11) is 0. The predicted octanol–water partition coefficient (Wildman–Crippen LogP) is 5.22. The molecule has 4 fully saturated rings. The molecule has 150 valence electrons. The number of halogens is 1. The van der Waals surface area contributed by atoms with Crippen LogP contribution in [0.5, 0.6) is 0 Å². The summed E-state index contributed by atoms with van der Waals surface area (Å²) in [6, 6.07) is 0.0817. The Bertz CT molecular complexity index is 918. The van der Waals surface area contributed by atoms with Gasteiger partial charge in [0.05, 0.1) is 34.7 Å². The van der Waals surface area contributed by atoms with Gasteiger partial charge in [-0.15, -0.1) is 0 Å². The first-order valence-corrected chi connectivity index (χ1v) is 12.0. The maximum Gasteiger partial charge on any atom is 0.311 e. The van der Waals surface area contributed by atoms with E-state index in [4.69, 9.17) is 26.3 Å². The normalized spacial score (nSPS) is 29.4. The quantitative estimate of drug-likeness (QED) is 0.377. The molecular formula is C21H26ClN3O2S. The average Bonchev–Trinajstić information content (AvgIpc) is 3.51. The third kappa shape index (κ3) is 2.95. The number of ether oxygens (including phenoxy) is 1. The minimum Gasteiger partial charge on any atom is -0.466 e. The van der Waals surface area contributed by atoms with Gasteiger partial charge >= 0.3 is 5.97 Å². The molecule has 2 atom stereocenters. The van der Waals surface area contributed by atoms with E-state index in [9.17, 15) is 4.79 Å². The van der Waals surface area contributed by atoms with Crippen molar-refractivity contribution in [1.82, 2.24) is 14.5 Å². The molecule has 5 nitrogen and oxygen atoms in total. The fourth-order valence-electron chi connectivity index (χ4n) is 5.47. The van der Waals surface area contributed by atoms with Crippen LogP contribution >= 0.6 is 23.4 Å². The Hall–Kier alpha value is -1.27. The van der Waals surface area contributed by atoms with E-state index in [2.05, 4.69) is 4.57 Å². The molecule has 0 radical (unpaired) electrons. The fraction of sp³-hybridized carbons (Fsp3) is 0.667. The lowest BCUT2D eigenvalue weighted by molar-refractivity contribution is -0.157. The molecule has 0 saturated heterocycles. The van der Waals surface area contributed by atoms with Crippen molar-refractivity contribution in [2.24, 2.45) is 17.8 Å². The molecule has 0 N–H and O–H groups in total. The van der Waals surface area contributed by atoms with Crippen molar-refractivity contribution in [2.75, 3.05) is 12.9 Å². The molecule has 7 heteroatoms. The largest absolute Gasteiger partial charge is 0.466 e. The molecule has 0 spiro atoms. The molecule has 2 aromatic rings. The van der Waals surface area contributed by atoms with E-state index in [0.29, 0.717) is 29.4 Å². The standard InChI is InChI=1S/C21H26ClN3O2S/c1-3-27-20(26)15-11-4-8-13(9-5-11)18(15)25-10-14(22)16-17(12-6-7-12)23-21(28-2)24-19(16)25/h10-13,15,18H,3-9H2,1-2H3/t11?,13?,15-,18-/m0/s1. The molecule has 0 aliphatic heterocycles. The number of esters is 1. The summed E-state index contributed by atoms with van der Waals surface area (Å²) >= 11 is 8.30. The minimum absolute atomic E-state index is 0.0542. The number of carbonyl (C=O) groups is 1. The van der Waals surface area contributed by atoms with E-state index in [1.807, 2.05) is 19.4 Å². The van der Waals surface area contributed by atoms with Gasteiger partial charge in [0, 0.05) is 12.1 Å². The van der Waals surface area contributed by atoms with E-state index < -0.39 is 0 Å². The van der Waals surface area contributed by atoms with Crippen molar-refractivity contribution in [3.05, 3.63) is 16.9 Å². The maximum absolute atomic E-state index is 12.9. The zero-order chi connectivity index (χ0) is 19.4. The van der Waals surface area contributed by atoms with Crippen molar-refractivity contribution in [3.8, 4) is 0 Å². The van der Waals surface area contributed by atoms with Crippen LogP contribution in [0.3, 0.4) is 0 Å². The van der Waals surface area contributed by atoms with Gasteiger partial charge in [0.1, 0.15) is 5.65 Å². The second-order valence-corrected chi connectivity index (χ2v) is 9.58. The molecule has 6 rings (SSSR count). The molecule has 0 aromatic carbocycles. The van der Waals surface area contributed by atoms with Gasteiger partial charge in [-0.1, -0.05) is 23.4 Å². The van der Waals surface area contributed by atoms with Crippen LogP contribution in [0.15, 0.2) is 11.4 Å². The average molecular weight is 420 g/mol. The van der Waals surface area contributed by atoms with E-state index in [1.54, 1.807) is 11.8 Å². The maximum atomic E-state index is 12.9. The fourth-order valence-corrected chi connectivity index (χ4v) is 6.12. The Balaban J connectivity index is 1.67. The first-order valence-electron chi connectivity index (χ1n) is 10.4. The van der Waals surface area contributed by atoms with Gasteiger partial charge in [-0.25, -0.2) is 9.97 Å². The van der Waals surface area contributed by atoms with Gasteiger partial charge in [-0.3, -0.25) is 4.79 Å². The molecular weight excluding hydrogens is 394 g/mol. The topological polar surface area (TPSA) is 57.0 Å². The van der Waals surface area contributed by atoms with Gasteiger partial charge in [-0.05, 0) is 63.5 Å². The molecule has 4 saturated carbocycles. The van der Waals surface area contributed by atoms with E-state index >= 15 is 0 Å². The van der Waals surface area contributed by atoms with Gasteiger partial charge < -0.3 is 9.30 Å². The highest BCUT2D eigenvalue weighted by molar-refractivity contribution is 7.98. The lowest BCUT2D eigenvalue weighted by Crippen LogP contribution is -2.45. The summed E-state index contributed by atoms with van der Waals surface area (Å²) in [5.74, 6) is 1.21. The Labute approximate surface area is 174 Å². The second-order valence-electron chi connectivity index (χ2n) is 8.40. The lowest BCUT2D eigenvalue weighted by Gasteiger charge is -2.47. The third-order valence-corrected chi connectivity index (χ3v) is 7.67. The van der Waals surface area contributed by atoms with E-state index in [1.165, 1.54) is 25.7 Å². The molecule has 2 bridgehead atoms. The zero-order valence-electron chi connectivity index (χ0n) is 16.4. The molecule has 2 heterocycles. The number of rotatable bonds is 5. The monoisotopic (exact) mass is 419 g/mol. The van der Waals surface area contributed by atoms with Crippen molar-refractivity contribution >= 4 is 40.4 Å². The Morgan fingerprint density at radius 1 is 1.21 bits per heavy atom. The molecule has 28 heavy (non-hydrogen) atoms. The highest BCUT2D eigenvalue weighted by atomic mass is 35.5. The zero-order valence-corrected chi connectivity index (χ0v) is 17.9. The molecule has 4 aliphatic carbocycles. The second kappa shape index (κ2) is 7.21. The van der Waals surface area contributed by atoms with Gasteiger partial charge in [0.25, 0.3) is 0 Å². The van der Waals surface area contributed by atoms with E-state index in [0.717, 1.165) is 34.7 Å². The van der Waals surface area contributed by atoms with Crippen molar-refractivity contribution < 1.29 is 9.53 Å². The highest BCUT2D eigenvalue weighted by Crippen LogP contribution is 2.53. The SMILES string of the molecule is CCOC(=O)[C@H]1C2CCC(CC2)[C@@H]1n1cc(Cl)c2c(C3CC3)nc(SC)nc21. The molecule has 0 unspecified atom stereocenters. The van der Waals surface area contributed by atoms with Crippen LogP contribution in [0.2, 0.25) is 5.02 Å². The first-order chi connectivity index (χ1) is 13.6. The summed E-state index contributed by atoms with van der Waals surface area (Å²) in [5.41, 5.74) is 1.99. The number of thioether (sulfide) groups is 1. The number of hydrogen-bond donors (Lipinski definition) is 0. The van der Waals surface area contributed by atoms with Crippen LogP contribution in [0, 0.1) is 17.8 Å². The predicted molar refractivity (Wildman–Crippen MR) is 111 cm³/mol. The summed E-state index contributed by atoms with van der Waals surface area (Å²) in [4.78, 5) is 22.6. The Kier molecular flexibility index (Phi) is 4.82. The van der Waals surface area contributed by atoms with Crippen LogP contribution < -0.4 is 0 Å². The van der Waals surface area contributed by atoms with Crippen molar-refractivity contribution in [2.45, 2.75) is 62.6 Å². The number of aromatic nitrogens is 3. The van der Waals surface area contributed by atoms with Crippen molar-refractivity contribution in [3.63, 3.8) is 0 Å². The smallest absolute Gasteiger partial charge is 0.311 e. The number of carbonyl (C=O) groups excluding carboxylic acids is 1. The summed E-state index contributed by atoms with van der Waals surface area (Å²) in [5, 5.41) is 2.50. The molecule has 4 aliphatic rings.